The molecule has 0 rings (SSSR count). The number of rotatable bonds is 67. The van der Waals surface area contributed by atoms with Gasteiger partial charge in [-0.25, -0.2) is 0 Å². The van der Waals surface area contributed by atoms with Gasteiger partial charge in [-0.05, 0) is 116 Å². The number of esters is 3. The van der Waals surface area contributed by atoms with Crippen molar-refractivity contribution in [3.8, 4) is 0 Å². The molecule has 1 atom stereocenters. The smallest absolute Gasteiger partial charge is 0.306 e. The maximum absolute atomic E-state index is 13.0. The maximum Gasteiger partial charge on any atom is 0.306 e. The van der Waals surface area contributed by atoms with E-state index in [1.54, 1.807) is 0 Å². The zero-order valence-electron chi connectivity index (χ0n) is 55.5. The fourth-order valence-corrected chi connectivity index (χ4v) is 10.7. The molecule has 6 nitrogen and oxygen atoms in total. The summed E-state index contributed by atoms with van der Waals surface area (Å²) in [6, 6.07) is 0. The van der Waals surface area contributed by atoms with Crippen LogP contribution in [0.25, 0.3) is 0 Å². The van der Waals surface area contributed by atoms with Crippen LogP contribution >= 0.6 is 0 Å². The van der Waals surface area contributed by atoms with Crippen LogP contribution in [-0.2, 0) is 28.6 Å². The molecule has 0 heterocycles. The van der Waals surface area contributed by atoms with Gasteiger partial charge >= 0.3 is 17.9 Å². The summed E-state index contributed by atoms with van der Waals surface area (Å²) in [5.74, 6) is -0.861. The number of hydrogen-bond acceptors (Lipinski definition) is 6. The van der Waals surface area contributed by atoms with E-state index in [9.17, 15) is 14.4 Å². The SMILES string of the molecule is CCCCC/C=C\C/C=C\CCCCCCCCCCCC(=O)OCC(COC(=O)CCCCCCCCCCCCC/C=C\C/C=C\CCCCCCC)OC(=O)CCCCCCCCCCCCC/C=C\C/C=C\CCCCCCC. The summed E-state index contributed by atoms with van der Waals surface area (Å²) in [5, 5.41) is 0. The molecule has 0 N–H and O–H groups in total. The molecule has 83 heavy (non-hydrogen) atoms. The lowest BCUT2D eigenvalue weighted by Crippen LogP contribution is -2.30. The summed E-state index contributed by atoms with van der Waals surface area (Å²) in [4.78, 5) is 38.5. The van der Waals surface area contributed by atoms with Gasteiger partial charge in [0.25, 0.3) is 0 Å². The molecule has 0 fully saturated rings. The normalized spacial score (nSPS) is 12.5. The molecule has 0 radical (unpaired) electrons. The lowest BCUT2D eigenvalue weighted by Gasteiger charge is -2.18. The van der Waals surface area contributed by atoms with Crippen molar-refractivity contribution in [2.75, 3.05) is 13.2 Å². The molecule has 482 valence electrons. The molecule has 0 aliphatic rings. The number of unbranched alkanes of at least 4 members (excludes halogenated alkanes) is 44. The van der Waals surface area contributed by atoms with Crippen molar-refractivity contribution < 1.29 is 28.6 Å². The van der Waals surface area contributed by atoms with E-state index in [-0.39, 0.29) is 31.1 Å². The van der Waals surface area contributed by atoms with E-state index < -0.39 is 6.10 Å². The number of ether oxygens (including phenoxy) is 3. The van der Waals surface area contributed by atoms with Crippen molar-refractivity contribution in [3.05, 3.63) is 72.9 Å². The van der Waals surface area contributed by atoms with Crippen LogP contribution in [0.3, 0.4) is 0 Å². The minimum Gasteiger partial charge on any atom is -0.462 e. The molecule has 6 heteroatoms. The van der Waals surface area contributed by atoms with Gasteiger partial charge in [-0.1, -0.05) is 318 Å². The third-order valence-corrected chi connectivity index (χ3v) is 16.2. The van der Waals surface area contributed by atoms with Gasteiger partial charge < -0.3 is 14.2 Å². The lowest BCUT2D eigenvalue weighted by atomic mass is 10.0. The molecule has 0 aliphatic carbocycles. The first kappa shape index (κ1) is 79.8. The molecule has 0 saturated carbocycles. The van der Waals surface area contributed by atoms with E-state index in [1.807, 2.05) is 0 Å². The molecule has 0 aliphatic heterocycles. The molecular formula is C77H138O6. The Balaban J connectivity index is 4.36. The predicted octanol–water partition coefficient (Wildman–Crippen LogP) is 25.2. The monoisotopic (exact) mass is 1160 g/mol. The number of allylic oxidation sites excluding steroid dienone is 12. The Kier molecular flexibility index (Phi) is 68.6. The number of hydrogen-bond donors (Lipinski definition) is 0. The lowest BCUT2D eigenvalue weighted by molar-refractivity contribution is -0.167. The zero-order valence-corrected chi connectivity index (χ0v) is 55.5. The minimum atomic E-state index is -0.782. The second-order valence-corrected chi connectivity index (χ2v) is 24.5. The quantitative estimate of drug-likeness (QED) is 0.0261. The van der Waals surface area contributed by atoms with E-state index in [0.29, 0.717) is 19.3 Å². The zero-order chi connectivity index (χ0) is 59.9. The van der Waals surface area contributed by atoms with E-state index in [4.69, 9.17) is 14.2 Å². The average molecular weight is 1160 g/mol. The molecule has 0 aromatic rings. The second kappa shape index (κ2) is 71.3. The van der Waals surface area contributed by atoms with Crippen molar-refractivity contribution in [1.29, 1.82) is 0 Å². The van der Waals surface area contributed by atoms with Crippen molar-refractivity contribution >= 4 is 17.9 Å². The van der Waals surface area contributed by atoms with Gasteiger partial charge in [-0.15, -0.1) is 0 Å². The van der Waals surface area contributed by atoms with E-state index in [1.165, 1.54) is 263 Å². The van der Waals surface area contributed by atoms with Gasteiger partial charge in [0.1, 0.15) is 13.2 Å². The van der Waals surface area contributed by atoms with Crippen molar-refractivity contribution in [1.82, 2.24) is 0 Å². The molecule has 0 spiro atoms. The van der Waals surface area contributed by atoms with E-state index in [2.05, 4.69) is 93.7 Å². The number of carbonyl (C=O) groups excluding carboxylic acids is 3. The minimum absolute atomic E-state index is 0.0761. The summed E-state index contributed by atoms with van der Waals surface area (Å²) in [7, 11) is 0. The molecule has 0 amide bonds. The van der Waals surface area contributed by atoms with Crippen LogP contribution < -0.4 is 0 Å². The molecule has 0 bridgehead atoms. The van der Waals surface area contributed by atoms with Crippen molar-refractivity contribution in [3.63, 3.8) is 0 Å². The van der Waals surface area contributed by atoms with Crippen molar-refractivity contribution in [2.45, 2.75) is 386 Å². The number of carbonyl (C=O) groups is 3. The Morgan fingerprint density at radius 3 is 0.687 bits per heavy atom. The first-order chi connectivity index (χ1) is 41.0. The van der Waals surface area contributed by atoms with Crippen LogP contribution in [0.2, 0.25) is 0 Å². The summed E-state index contributed by atoms with van der Waals surface area (Å²) < 4.78 is 17.0. The molecule has 0 aromatic carbocycles. The largest absolute Gasteiger partial charge is 0.462 e. The fourth-order valence-electron chi connectivity index (χ4n) is 10.7. The predicted molar refractivity (Wildman–Crippen MR) is 362 cm³/mol. The second-order valence-electron chi connectivity index (χ2n) is 24.5. The summed E-state index contributed by atoms with van der Waals surface area (Å²) in [6.45, 7) is 6.65. The highest BCUT2D eigenvalue weighted by Gasteiger charge is 2.19. The first-order valence-corrected chi connectivity index (χ1v) is 36.4. The highest BCUT2D eigenvalue weighted by atomic mass is 16.6. The summed E-state index contributed by atoms with van der Waals surface area (Å²) in [6.07, 6.45) is 93.5. The van der Waals surface area contributed by atoms with E-state index >= 15 is 0 Å². The van der Waals surface area contributed by atoms with Crippen LogP contribution in [0.15, 0.2) is 72.9 Å². The van der Waals surface area contributed by atoms with Crippen LogP contribution in [0.1, 0.15) is 380 Å². The van der Waals surface area contributed by atoms with Crippen LogP contribution in [-0.4, -0.2) is 37.2 Å². The Morgan fingerprint density at radius 2 is 0.434 bits per heavy atom. The fraction of sp³-hybridized carbons (Fsp3) is 0.805. The van der Waals surface area contributed by atoms with Crippen LogP contribution in [0.5, 0.6) is 0 Å². The maximum atomic E-state index is 13.0. The Bertz CT molecular complexity index is 1520. The van der Waals surface area contributed by atoms with Gasteiger partial charge in [0.05, 0.1) is 0 Å². The van der Waals surface area contributed by atoms with Crippen molar-refractivity contribution in [2.24, 2.45) is 0 Å². The van der Waals surface area contributed by atoms with Gasteiger partial charge in [0.15, 0.2) is 6.10 Å². The molecule has 0 aromatic heterocycles. The Hall–Kier alpha value is -3.15. The molecule has 1 unspecified atom stereocenters. The first-order valence-electron chi connectivity index (χ1n) is 36.4. The van der Waals surface area contributed by atoms with Gasteiger partial charge in [-0.3, -0.25) is 14.4 Å². The summed E-state index contributed by atoms with van der Waals surface area (Å²) >= 11 is 0. The van der Waals surface area contributed by atoms with Crippen LogP contribution in [0, 0.1) is 0 Å². The van der Waals surface area contributed by atoms with E-state index in [0.717, 1.165) is 77.0 Å². The standard InChI is InChI=1S/C77H138O6/c1-4-7-10-13-16-19-22-25-28-31-34-36-38-40-43-46-49-52-55-58-61-64-67-70-76(79)82-73-74(72-81-75(78)69-66-63-60-57-54-51-48-45-42-33-30-27-24-21-18-15-12-9-6-3)83-77(80)71-68-65-62-59-56-53-50-47-44-41-39-37-35-32-29-26-23-20-17-14-11-8-5-2/h18,21-23,25-27,30-32,34-35,74H,4-17,19-20,24,28-29,33,36-73H2,1-3H3/b21-18-,25-22-,26-23-,30-27-,34-31-,35-32-. The third kappa shape index (κ3) is 69.5. The van der Waals surface area contributed by atoms with Gasteiger partial charge in [-0.2, -0.15) is 0 Å². The highest BCUT2D eigenvalue weighted by molar-refractivity contribution is 5.71. The highest BCUT2D eigenvalue weighted by Crippen LogP contribution is 2.17. The average Bonchev–Trinajstić information content (AvgIpc) is 3.49. The Labute approximate surface area is 516 Å². The third-order valence-electron chi connectivity index (χ3n) is 16.2. The Morgan fingerprint density at radius 1 is 0.241 bits per heavy atom. The topological polar surface area (TPSA) is 78.9 Å². The summed E-state index contributed by atoms with van der Waals surface area (Å²) in [5.41, 5.74) is 0. The van der Waals surface area contributed by atoms with Crippen LogP contribution in [0.4, 0.5) is 0 Å². The molecule has 0 saturated heterocycles. The van der Waals surface area contributed by atoms with Gasteiger partial charge in [0.2, 0.25) is 0 Å². The van der Waals surface area contributed by atoms with Gasteiger partial charge in [0, 0.05) is 19.3 Å². The molecular weight excluding hydrogens is 1020 g/mol.